The van der Waals surface area contributed by atoms with Crippen LogP contribution in [0.4, 0.5) is 5.00 Å². The van der Waals surface area contributed by atoms with Crippen LogP contribution in [0.2, 0.25) is 0 Å². The number of allylic oxidation sites excluding steroid dienone is 1. The molecule has 2 heterocycles. The number of nitrogens with zero attached hydrogens (tertiary/aromatic N) is 3. The molecule has 4 rings (SSSR count). The maximum Gasteiger partial charge on any atom is 0.341 e. The highest BCUT2D eigenvalue weighted by atomic mass is 32.2. The van der Waals surface area contributed by atoms with Crippen LogP contribution in [0.5, 0.6) is 0 Å². The zero-order valence-electron chi connectivity index (χ0n) is 19.2. The predicted octanol–water partition coefficient (Wildman–Crippen LogP) is 4.90. The molecule has 3 aromatic rings. The molecule has 0 fully saturated rings. The van der Waals surface area contributed by atoms with Gasteiger partial charge in [0.1, 0.15) is 10.8 Å². The number of rotatable bonds is 10. The molecule has 9 heteroatoms. The smallest absolute Gasteiger partial charge is 0.341 e. The van der Waals surface area contributed by atoms with Crippen molar-refractivity contribution < 1.29 is 14.3 Å². The van der Waals surface area contributed by atoms with Crippen molar-refractivity contribution in [3.63, 3.8) is 0 Å². The van der Waals surface area contributed by atoms with E-state index in [4.69, 9.17) is 4.74 Å². The number of nitrogens with one attached hydrogen (secondary N) is 1. The van der Waals surface area contributed by atoms with Gasteiger partial charge in [-0.2, -0.15) is 0 Å². The van der Waals surface area contributed by atoms with Crippen LogP contribution in [0.3, 0.4) is 0 Å². The molecule has 0 saturated carbocycles. The molecule has 0 bridgehead atoms. The highest BCUT2D eigenvalue weighted by molar-refractivity contribution is 7.99. The van der Waals surface area contributed by atoms with Crippen LogP contribution in [0.15, 0.2) is 48.1 Å². The normalized spacial score (nSPS) is 12.7. The third kappa shape index (κ3) is 5.59. The van der Waals surface area contributed by atoms with Gasteiger partial charge in [-0.3, -0.25) is 4.79 Å². The number of carbonyl (C=O) groups excluding carboxylic acids is 2. The minimum Gasteiger partial charge on any atom is -0.462 e. The summed E-state index contributed by atoms with van der Waals surface area (Å²) in [5.41, 5.74) is 2.71. The minimum absolute atomic E-state index is 0.158. The summed E-state index contributed by atoms with van der Waals surface area (Å²) in [6.45, 7) is 6.49. The van der Waals surface area contributed by atoms with Crippen molar-refractivity contribution in [2.45, 2.75) is 50.7 Å². The fraction of sp³-hybridized carbons (Fsp3) is 0.360. The number of anilines is 1. The van der Waals surface area contributed by atoms with E-state index in [0.29, 0.717) is 35.3 Å². The van der Waals surface area contributed by atoms with Gasteiger partial charge in [0.25, 0.3) is 0 Å². The maximum absolute atomic E-state index is 12.8. The molecule has 2 aromatic heterocycles. The molecule has 0 radical (unpaired) electrons. The quantitative estimate of drug-likeness (QED) is 0.244. The molecule has 0 saturated heterocycles. The average molecular weight is 497 g/mol. The van der Waals surface area contributed by atoms with Gasteiger partial charge in [-0.05, 0) is 43.7 Å². The van der Waals surface area contributed by atoms with Gasteiger partial charge < -0.3 is 14.6 Å². The van der Waals surface area contributed by atoms with E-state index >= 15 is 0 Å². The third-order valence-corrected chi connectivity index (χ3v) is 7.72. The van der Waals surface area contributed by atoms with Gasteiger partial charge in [-0.25, -0.2) is 4.79 Å². The molecule has 1 aromatic carbocycles. The Morgan fingerprint density at radius 1 is 1.24 bits per heavy atom. The van der Waals surface area contributed by atoms with Crippen molar-refractivity contribution in [1.82, 2.24) is 14.8 Å². The Labute approximate surface area is 207 Å². The summed E-state index contributed by atoms with van der Waals surface area (Å²) in [6.07, 6.45) is 6.38. The molecule has 1 amide bonds. The first kappa shape index (κ1) is 24.2. The van der Waals surface area contributed by atoms with Gasteiger partial charge in [0.2, 0.25) is 5.91 Å². The Morgan fingerprint density at radius 3 is 2.79 bits per heavy atom. The maximum atomic E-state index is 12.8. The van der Waals surface area contributed by atoms with Gasteiger partial charge in [0, 0.05) is 17.8 Å². The fourth-order valence-corrected chi connectivity index (χ4v) is 6.07. The van der Waals surface area contributed by atoms with E-state index in [1.54, 1.807) is 13.0 Å². The van der Waals surface area contributed by atoms with Gasteiger partial charge in [-0.1, -0.05) is 48.2 Å². The van der Waals surface area contributed by atoms with Crippen LogP contribution in [0.1, 0.15) is 52.0 Å². The summed E-state index contributed by atoms with van der Waals surface area (Å²) in [4.78, 5) is 26.6. The number of ether oxygens (including phenoxy) is 1. The van der Waals surface area contributed by atoms with E-state index < -0.39 is 0 Å². The number of amides is 1. The van der Waals surface area contributed by atoms with Crippen LogP contribution in [-0.2, 0) is 35.3 Å². The number of benzene rings is 1. The minimum atomic E-state index is -0.360. The first-order valence-corrected chi connectivity index (χ1v) is 13.2. The fourth-order valence-electron chi connectivity index (χ4n) is 4.01. The zero-order valence-corrected chi connectivity index (χ0v) is 20.8. The van der Waals surface area contributed by atoms with Crippen LogP contribution in [0, 0.1) is 0 Å². The predicted molar refractivity (Wildman–Crippen MR) is 136 cm³/mol. The Balaban J connectivity index is 1.46. The van der Waals surface area contributed by atoms with Crippen molar-refractivity contribution in [2.24, 2.45) is 0 Å². The SMILES string of the molecule is C=CCn1c(Cc2ccccc2)nnc1SCC(=O)Nc1sc2c(c1C(=O)OCC)CCCC2. The van der Waals surface area contributed by atoms with Crippen LogP contribution in [-0.4, -0.2) is 39.0 Å². The second-order valence-corrected chi connectivity index (χ2v) is 9.98. The molecule has 1 N–H and O–H groups in total. The molecule has 7 nitrogen and oxygen atoms in total. The third-order valence-electron chi connectivity index (χ3n) is 5.55. The first-order chi connectivity index (χ1) is 16.6. The lowest BCUT2D eigenvalue weighted by atomic mass is 9.95. The molecule has 178 valence electrons. The number of aryl methyl sites for hydroxylation is 1. The summed E-state index contributed by atoms with van der Waals surface area (Å²) in [7, 11) is 0. The van der Waals surface area contributed by atoms with Gasteiger partial charge in [0.05, 0.1) is 17.9 Å². The Hall–Kier alpha value is -2.91. The molecular formula is C25H28N4O3S2. The van der Waals surface area contributed by atoms with Crippen molar-refractivity contribution >= 4 is 40.0 Å². The first-order valence-electron chi connectivity index (χ1n) is 11.4. The van der Waals surface area contributed by atoms with E-state index in [1.165, 1.54) is 28.0 Å². The summed E-state index contributed by atoms with van der Waals surface area (Å²) < 4.78 is 7.26. The van der Waals surface area contributed by atoms with Crippen LogP contribution in [0.25, 0.3) is 0 Å². The van der Waals surface area contributed by atoms with E-state index in [-0.39, 0.29) is 17.6 Å². The number of esters is 1. The topological polar surface area (TPSA) is 86.1 Å². The molecule has 0 atom stereocenters. The van der Waals surface area contributed by atoms with Gasteiger partial charge >= 0.3 is 5.97 Å². The summed E-state index contributed by atoms with van der Waals surface area (Å²) in [5.74, 6) is 0.434. The molecular weight excluding hydrogens is 468 g/mol. The number of hydrogen-bond donors (Lipinski definition) is 1. The number of aromatic nitrogens is 3. The number of carbonyl (C=O) groups is 2. The van der Waals surface area contributed by atoms with Crippen molar-refractivity contribution in [3.05, 3.63) is 70.4 Å². The average Bonchev–Trinajstić information content (AvgIpc) is 3.39. The monoisotopic (exact) mass is 496 g/mol. The molecule has 0 unspecified atom stereocenters. The Kier molecular flexibility index (Phi) is 8.18. The summed E-state index contributed by atoms with van der Waals surface area (Å²) in [5, 5.41) is 12.9. The largest absolute Gasteiger partial charge is 0.462 e. The highest BCUT2D eigenvalue weighted by Gasteiger charge is 2.27. The van der Waals surface area contributed by atoms with E-state index in [9.17, 15) is 9.59 Å². The van der Waals surface area contributed by atoms with Crippen molar-refractivity contribution in [1.29, 1.82) is 0 Å². The van der Waals surface area contributed by atoms with E-state index in [1.807, 2.05) is 22.8 Å². The van der Waals surface area contributed by atoms with Crippen molar-refractivity contribution in [2.75, 3.05) is 17.7 Å². The van der Waals surface area contributed by atoms with Crippen LogP contribution >= 0.6 is 23.1 Å². The Morgan fingerprint density at radius 2 is 2.03 bits per heavy atom. The van der Waals surface area contributed by atoms with Gasteiger partial charge in [0.15, 0.2) is 5.16 Å². The van der Waals surface area contributed by atoms with Crippen LogP contribution < -0.4 is 5.32 Å². The lowest BCUT2D eigenvalue weighted by molar-refractivity contribution is -0.113. The molecule has 0 aliphatic heterocycles. The van der Waals surface area contributed by atoms with E-state index in [0.717, 1.165) is 42.6 Å². The van der Waals surface area contributed by atoms with Crippen molar-refractivity contribution in [3.8, 4) is 0 Å². The lowest BCUT2D eigenvalue weighted by Gasteiger charge is -2.12. The number of thioether (sulfide) groups is 1. The zero-order chi connectivity index (χ0) is 23.9. The summed E-state index contributed by atoms with van der Waals surface area (Å²) in [6, 6.07) is 10.1. The molecule has 0 spiro atoms. The number of hydrogen-bond acceptors (Lipinski definition) is 7. The molecule has 1 aliphatic rings. The van der Waals surface area contributed by atoms with E-state index in [2.05, 4.69) is 34.2 Å². The second kappa shape index (κ2) is 11.5. The number of fused-ring (bicyclic) bond motifs is 1. The highest BCUT2D eigenvalue weighted by Crippen LogP contribution is 2.38. The Bertz CT molecular complexity index is 1170. The van der Waals surface area contributed by atoms with Gasteiger partial charge in [-0.15, -0.1) is 28.1 Å². The lowest BCUT2D eigenvalue weighted by Crippen LogP contribution is -2.17. The molecule has 1 aliphatic carbocycles. The molecule has 34 heavy (non-hydrogen) atoms. The standard InChI is InChI=1S/C25H28N4O3S2/c1-3-14-29-20(15-17-10-6-5-7-11-17)27-28-25(29)33-16-21(30)26-23-22(24(31)32-4-2)18-12-8-9-13-19(18)34-23/h3,5-7,10-11H,1,4,8-9,12-16H2,2H3,(H,26,30). The second-order valence-electron chi connectivity index (χ2n) is 7.93. The summed E-state index contributed by atoms with van der Waals surface area (Å²) >= 11 is 2.82. The number of thiophene rings is 1.